The molecule has 1 aliphatic rings. The van der Waals surface area contributed by atoms with Crippen molar-refractivity contribution in [1.29, 1.82) is 0 Å². The van der Waals surface area contributed by atoms with Crippen molar-refractivity contribution < 1.29 is 22.7 Å². The van der Waals surface area contributed by atoms with Crippen LogP contribution in [0.3, 0.4) is 0 Å². The Bertz CT molecular complexity index is 930. The van der Waals surface area contributed by atoms with Crippen LogP contribution in [0.5, 0.6) is 11.5 Å². The predicted octanol–water partition coefficient (Wildman–Crippen LogP) is 2.28. The van der Waals surface area contributed by atoms with E-state index in [4.69, 9.17) is 9.47 Å². The van der Waals surface area contributed by atoms with E-state index in [0.717, 1.165) is 10.6 Å². The first-order valence-corrected chi connectivity index (χ1v) is 10.4. The molecule has 8 heteroatoms. The average molecular weight is 390 g/mol. The summed E-state index contributed by atoms with van der Waals surface area (Å²) in [6.45, 7) is 2.40. The smallest absolute Gasteiger partial charge is 0.250 e. The van der Waals surface area contributed by atoms with Gasteiger partial charge in [0.25, 0.3) is 0 Å². The van der Waals surface area contributed by atoms with Crippen LogP contribution in [0.1, 0.15) is 6.92 Å². The summed E-state index contributed by atoms with van der Waals surface area (Å²) in [5, 5.41) is 0. The van der Waals surface area contributed by atoms with Crippen molar-refractivity contribution in [3.63, 3.8) is 0 Å². The van der Waals surface area contributed by atoms with Crippen LogP contribution in [-0.4, -0.2) is 46.9 Å². The Balaban J connectivity index is 1.94. The highest BCUT2D eigenvalue weighted by molar-refractivity contribution is 7.92. The second-order valence-corrected chi connectivity index (χ2v) is 8.15. The molecule has 7 nitrogen and oxygen atoms in total. The number of nitrogens with zero attached hydrogens (tertiary/aromatic N) is 2. The summed E-state index contributed by atoms with van der Waals surface area (Å²) in [4.78, 5) is 14.4. The fourth-order valence-electron chi connectivity index (χ4n) is 3.03. The molecule has 2 aromatic rings. The van der Waals surface area contributed by atoms with E-state index in [0.29, 0.717) is 36.1 Å². The van der Waals surface area contributed by atoms with Crippen molar-refractivity contribution in [1.82, 2.24) is 0 Å². The number of para-hydroxylation sites is 1. The second kappa shape index (κ2) is 7.48. The number of fused-ring (bicyclic) bond motifs is 1. The minimum Gasteiger partial charge on any atom is -0.486 e. The van der Waals surface area contributed by atoms with Crippen molar-refractivity contribution in [2.24, 2.45) is 0 Å². The summed E-state index contributed by atoms with van der Waals surface area (Å²) in [5.41, 5.74) is 1.04. The van der Waals surface area contributed by atoms with Crippen LogP contribution in [0.2, 0.25) is 0 Å². The number of hydrogen-bond acceptors (Lipinski definition) is 5. The minimum absolute atomic E-state index is 0.346. The standard InChI is InChI=1S/C19H22N2O5S/c1-14(19(22)20(2)15-7-5-4-6-8-15)21(27(3,23)24)16-9-10-17-18(13-16)26-12-11-25-17/h4-10,13-14H,11-12H2,1-3H3. The molecule has 1 heterocycles. The normalized spacial score (nSPS) is 14.3. The number of amides is 1. The van der Waals surface area contributed by atoms with E-state index in [1.165, 1.54) is 4.90 Å². The van der Waals surface area contributed by atoms with Gasteiger partial charge in [-0.15, -0.1) is 0 Å². The highest BCUT2D eigenvalue weighted by Crippen LogP contribution is 2.35. The first-order chi connectivity index (χ1) is 12.8. The number of hydrogen-bond donors (Lipinski definition) is 0. The highest BCUT2D eigenvalue weighted by atomic mass is 32.2. The molecular formula is C19H22N2O5S. The van der Waals surface area contributed by atoms with Crippen LogP contribution in [0, 0.1) is 0 Å². The maximum atomic E-state index is 13.0. The molecule has 0 spiro atoms. The summed E-state index contributed by atoms with van der Waals surface area (Å²) >= 11 is 0. The monoisotopic (exact) mass is 390 g/mol. The van der Waals surface area contributed by atoms with E-state index in [-0.39, 0.29) is 5.91 Å². The molecule has 0 aromatic heterocycles. The van der Waals surface area contributed by atoms with Crippen LogP contribution in [0.4, 0.5) is 11.4 Å². The number of ether oxygens (including phenoxy) is 2. The second-order valence-electron chi connectivity index (χ2n) is 6.30. The molecule has 1 aliphatic heterocycles. The first kappa shape index (κ1) is 19.0. The molecule has 1 atom stereocenters. The van der Waals surface area contributed by atoms with Crippen LogP contribution < -0.4 is 18.7 Å². The predicted molar refractivity (Wildman–Crippen MR) is 104 cm³/mol. The van der Waals surface area contributed by atoms with Crippen LogP contribution in [0.15, 0.2) is 48.5 Å². The number of anilines is 2. The summed E-state index contributed by atoms with van der Waals surface area (Å²) < 4.78 is 37.1. The van der Waals surface area contributed by atoms with Crippen molar-refractivity contribution in [2.75, 3.05) is 35.7 Å². The lowest BCUT2D eigenvalue weighted by Gasteiger charge is -2.31. The van der Waals surface area contributed by atoms with Crippen LogP contribution in [-0.2, 0) is 14.8 Å². The molecule has 0 saturated heterocycles. The fraction of sp³-hybridized carbons (Fsp3) is 0.316. The summed E-state index contributed by atoms with van der Waals surface area (Å²) in [5.74, 6) is 0.670. The van der Waals surface area contributed by atoms with Crippen molar-refractivity contribution in [3.05, 3.63) is 48.5 Å². The molecule has 0 aliphatic carbocycles. The van der Waals surface area contributed by atoms with Crippen LogP contribution >= 0.6 is 0 Å². The van der Waals surface area contributed by atoms with Gasteiger partial charge in [-0.2, -0.15) is 0 Å². The molecule has 144 valence electrons. The first-order valence-electron chi connectivity index (χ1n) is 8.50. The number of benzene rings is 2. The third kappa shape index (κ3) is 4.00. The minimum atomic E-state index is -3.72. The molecule has 27 heavy (non-hydrogen) atoms. The third-order valence-corrected chi connectivity index (χ3v) is 5.56. The quantitative estimate of drug-likeness (QED) is 0.783. The van der Waals surface area contributed by atoms with Gasteiger partial charge in [-0.05, 0) is 31.2 Å². The SMILES string of the molecule is CC(C(=O)N(C)c1ccccc1)N(c1ccc2c(c1)OCCO2)S(C)(=O)=O. The Labute approximate surface area is 159 Å². The van der Waals surface area contributed by atoms with Crippen molar-refractivity contribution in [3.8, 4) is 11.5 Å². The Morgan fingerprint density at radius 2 is 1.63 bits per heavy atom. The Morgan fingerprint density at radius 3 is 2.26 bits per heavy atom. The van der Waals surface area contributed by atoms with Gasteiger partial charge < -0.3 is 14.4 Å². The number of rotatable bonds is 5. The van der Waals surface area contributed by atoms with Crippen molar-refractivity contribution >= 4 is 27.3 Å². The number of carbonyl (C=O) groups is 1. The molecule has 0 radical (unpaired) electrons. The molecule has 0 saturated carbocycles. The molecule has 1 unspecified atom stereocenters. The molecule has 0 N–H and O–H groups in total. The van der Waals surface area contributed by atoms with Gasteiger partial charge in [0, 0.05) is 18.8 Å². The molecule has 0 bridgehead atoms. The Morgan fingerprint density at radius 1 is 1.00 bits per heavy atom. The van der Waals surface area contributed by atoms with Gasteiger partial charge in [0.2, 0.25) is 15.9 Å². The molecule has 2 aromatic carbocycles. The lowest BCUT2D eigenvalue weighted by molar-refractivity contribution is -0.119. The third-order valence-electron chi connectivity index (χ3n) is 4.32. The van der Waals surface area contributed by atoms with Crippen molar-refractivity contribution in [2.45, 2.75) is 13.0 Å². The number of sulfonamides is 1. The van der Waals surface area contributed by atoms with Gasteiger partial charge in [-0.3, -0.25) is 9.10 Å². The number of likely N-dealkylation sites (N-methyl/N-ethyl adjacent to an activating group) is 1. The zero-order valence-electron chi connectivity index (χ0n) is 15.5. The topological polar surface area (TPSA) is 76.2 Å². The molecule has 3 rings (SSSR count). The van der Waals surface area contributed by atoms with E-state index in [2.05, 4.69) is 0 Å². The zero-order chi connectivity index (χ0) is 19.6. The fourth-order valence-corrected chi connectivity index (χ4v) is 4.19. The van der Waals surface area contributed by atoms with Gasteiger partial charge >= 0.3 is 0 Å². The van der Waals surface area contributed by atoms with Gasteiger partial charge in [0.05, 0.1) is 11.9 Å². The van der Waals surface area contributed by atoms with E-state index < -0.39 is 16.1 Å². The molecule has 1 amide bonds. The molecule has 0 fully saturated rings. The van der Waals surface area contributed by atoms with Gasteiger partial charge in [-0.25, -0.2) is 8.42 Å². The summed E-state index contributed by atoms with van der Waals surface area (Å²) in [7, 11) is -2.09. The molecular weight excluding hydrogens is 368 g/mol. The summed E-state index contributed by atoms with van der Waals surface area (Å²) in [6, 6.07) is 13.0. The summed E-state index contributed by atoms with van der Waals surface area (Å²) in [6.07, 6.45) is 1.08. The lowest BCUT2D eigenvalue weighted by Crippen LogP contribution is -2.48. The Kier molecular flexibility index (Phi) is 5.27. The van der Waals surface area contributed by atoms with E-state index >= 15 is 0 Å². The average Bonchev–Trinajstić information content (AvgIpc) is 2.66. The lowest BCUT2D eigenvalue weighted by atomic mass is 10.2. The maximum Gasteiger partial charge on any atom is 0.250 e. The van der Waals surface area contributed by atoms with E-state index in [1.807, 2.05) is 18.2 Å². The van der Waals surface area contributed by atoms with Gasteiger partial charge in [-0.1, -0.05) is 18.2 Å². The highest BCUT2D eigenvalue weighted by Gasteiger charge is 2.32. The zero-order valence-corrected chi connectivity index (χ0v) is 16.3. The maximum absolute atomic E-state index is 13.0. The van der Waals surface area contributed by atoms with E-state index in [1.54, 1.807) is 44.3 Å². The number of carbonyl (C=O) groups excluding carboxylic acids is 1. The van der Waals surface area contributed by atoms with Crippen LogP contribution in [0.25, 0.3) is 0 Å². The van der Waals surface area contributed by atoms with Gasteiger partial charge in [0.1, 0.15) is 19.3 Å². The van der Waals surface area contributed by atoms with Gasteiger partial charge in [0.15, 0.2) is 11.5 Å². The van der Waals surface area contributed by atoms with E-state index in [9.17, 15) is 13.2 Å². The Hall–Kier alpha value is -2.74. The largest absolute Gasteiger partial charge is 0.486 e.